The molecule has 2 aromatic heterocycles. The third-order valence-electron chi connectivity index (χ3n) is 2.79. The van der Waals surface area contributed by atoms with Crippen LogP contribution in [0.1, 0.15) is 11.4 Å². The molecule has 0 fully saturated rings. The van der Waals surface area contributed by atoms with E-state index in [-0.39, 0.29) is 0 Å². The summed E-state index contributed by atoms with van der Waals surface area (Å²) < 4.78 is 0. The van der Waals surface area contributed by atoms with Gasteiger partial charge in [0.1, 0.15) is 0 Å². The molecule has 0 spiro atoms. The van der Waals surface area contributed by atoms with Crippen LogP contribution in [0.25, 0.3) is 23.1 Å². The van der Waals surface area contributed by atoms with Crippen molar-refractivity contribution in [1.82, 2.24) is 15.0 Å². The molecule has 0 bridgehead atoms. The lowest BCUT2D eigenvalue weighted by molar-refractivity contribution is 1.18. The van der Waals surface area contributed by atoms with Crippen LogP contribution < -0.4 is 0 Å². The summed E-state index contributed by atoms with van der Waals surface area (Å²) in [6.07, 6.45) is 13.0. The molecule has 0 saturated heterocycles. The molecule has 0 amide bonds. The number of hydrogen-bond donors (Lipinski definition) is 1. The summed E-state index contributed by atoms with van der Waals surface area (Å²) in [7, 11) is 0. The number of nitrogens with one attached hydrogen (secondary N) is 1. The molecule has 0 atom stereocenters. The Kier molecular flexibility index (Phi) is 3.19. The van der Waals surface area contributed by atoms with Crippen molar-refractivity contribution in [3.05, 3.63) is 72.5 Å². The highest BCUT2D eigenvalue weighted by Gasteiger charge is 1.95. The molecule has 3 rings (SSSR count). The number of rotatable bonds is 3. The van der Waals surface area contributed by atoms with Gasteiger partial charge in [0, 0.05) is 23.6 Å². The van der Waals surface area contributed by atoms with E-state index >= 15 is 0 Å². The summed E-state index contributed by atoms with van der Waals surface area (Å²) in [4.78, 5) is 11.5. The molecule has 3 heteroatoms. The molecule has 0 aliphatic heterocycles. The van der Waals surface area contributed by atoms with Gasteiger partial charge < -0.3 is 4.98 Å². The van der Waals surface area contributed by atoms with E-state index in [1.807, 2.05) is 36.4 Å². The Morgan fingerprint density at radius 3 is 2.74 bits per heavy atom. The largest absolute Gasteiger partial charge is 0.355 e. The van der Waals surface area contributed by atoms with Crippen molar-refractivity contribution in [3.63, 3.8) is 0 Å². The SMILES string of the molecule is C(/C=C/c1cc2ccccc2[nH]1)=C\c1cnccn1. The topological polar surface area (TPSA) is 41.6 Å². The third kappa shape index (κ3) is 2.77. The maximum absolute atomic E-state index is 4.17. The maximum Gasteiger partial charge on any atom is 0.0812 e. The van der Waals surface area contributed by atoms with Crippen molar-refractivity contribution >= 4 is 23.1 Å². The Morgan fingerprint density at radius 2 is 1.89 bits per heavy atom. The zero-order chi connectivity index (χ0) is 12.9. The van der Waals surface area contributed by atoms with Gasteiger partial charge in [-0.2, -0.15) is 0 Å². The standard InChI is InChI=1S/C16H13N3/c1-4-8-16-13(5-1)11-14(19-16)6-2-3-7-15-12-17-9-10-18-15/h1-12,19H/b6-2+,7-3+. The summed E-state index contributed by atoms with van der Waals surface area (Å²) in [5, 5.41) is 1.22. The maximum atomic E-state index is 4.17. The molecule has 1 N–H and O–H groups in total. The van der Waals surface area contributed by atoms with Crippen LogP contribution in [-0.2, 0) is 0 Å². The Hall–Kier alpha value is -2.68. The van der Waals surface area contributed by atoms with Gasteiger partial charge in [-0.25, -0.2) is 0 Å². The summed E-state index contributed by atoms with van der Waals surface area (Å²) in [5.41, 5.74) is 3.09. The van der Waals surface area contributed by atoms with E-state index in [4.69, 9.17) is 0 Å². The number of para-hydroxylation sites is 1. The second-order valence-corrected chi connectivity index (χ2v) is 4.16. The molecule has 92 valence electrons. The van der Waals surface area contributed by atoms with Crippen LogP contribution in [0.15, 0.2) is 61.1 Å². The zero-order valence-electron chi connectivity index (χ0n) is 10.3. The second-order valence-electron chi connectivity index (χ2n) is 4.16. The normalized spacial score (nSPS) is 11.8. The van der Waals surface area contributed by atoms with Crippen LogP contribution in [0.3, 0.4) is 0 Å². The number of aromatic amines is 1. The predicted molar refractivity (Wildman–Crippen MR) is 78.4 cm³/mol. The highest BCUT2D eigenvalue weighted by molar-refractivity contribution is 5.82. The van der Waals surface area contributed by atoms with E-state index in [0.717, 1.165) is 16.9 Å². The van der Waals surface area contributed by atoms with Crippen molar-refractivity contribution in [2.24, 2.45) is 0 Å². The quantitative estimate of drug-likeness (QED) is 0.717. The zero-order valence-corrected chi connectivity index (χ0v) is 10.3. The molecule has 0 aliphatic rings. The first-order valence-corrected chi connectivity index (χ1v) is 6.10. The lowest BCUT2D eigenvalue weighted by Crippen LogP contribution is -1.79. The van der Waals surface area contributed by atoms with Gasteiger partial charge in [-0.1, -0.05) is 30.4 Å². The summed E-state index contributed by atoms with van der Waals surface area (Å²) in [6.45, 7) is 0. The molecular formula is C16H13N3. The number of nitrogens with zero attached hydrogens (tertiary/aromatic N) is 2. The van der Waals surface area contributed by atoms with Crippen LogP contribution in [0.5, 0.6) is 0 Å². The monoisotopic (exact) mass is 247 g/mol. The Labute approximate surface area is 111 Å². The molecule has 3 aromatic rings. The fourth-order valence-electron chi connectivity index (χ4n) is 1.90. The van der Waals surface area contributed by atoms with Gasteiger partial charge in [-0.3, -0.25) is 9.97 Å². The number of H-pyrrole nitrogens is 1. The second kappa shape index (κ2) is 5.31. The van der Waals surface area contributed by atoms with Crippen LogP contribution in [0, 0.1) is 0 Å². The molecule has 1 aromatic carbocycles. The van der Waals surface area contributed by atoms with Gasteiger partial charge in [0.15, 0.2) is 0 Å². The van der Waals surface area contributed by atoms with Crippen LogP contribution in [-0.4, -0.2) is 15.0 Å². The first kappa shape index (κ1) is 11.4. The van der Waals surface area contributed by atoms with Gasteiger partial charge in [-0.05, 0) is 29.7 Å². The number of fused-ring (bicyclic) bond motifs is 1. The molecule has 0 saturated carbocycles. The van der Waals surface area contributed by atoms with Crippen molar-refractivity contribution in [2.75, 3.05) is 0 Å². The fourth-order valence-corrected chi connectivity index (χ4v) is 1.90. The van der Waals surface area contributed by atoms with Crippen molar-refractivity contribution in [3.8, 4) is 0 Å². The highest BCUT2D eigenvalue weighted by Crippen LogP contribution is 2.15. The minimum Gasteiger partial charge on any atom is -0.355 e. The van der Waals surface area contributed by atoms with Crippen LogP contribution in [0.2, 0.25) is 0 Å². The number of hydrogen-bond acceptors (Lipinski definition) is 2. The Morgan fingerprint density at radius 1 is 1.00 bits per heavy atom. The first-order chi connectivity index (χ1) is 9.42. The summed E-state index contributed by atoms with van der Waals surface area (Å²) in [6, 6.07) is 10.4. The lowest BCUT2D eigenvalue weighted by Gasteiger charge is -1.87. The Balaban J connectivity index is 1.74. The molecule has 2 heterocycles. The van der Waals surface area contributed by atoms with E-state index < -0.39 is 0 Å². The van der Waals surface area contributed by atoms with Crippen molar-refractivity contribution in [1.29, 1.82) is 0 Å². The van der Waals surface area contributed by atoms with E-state index in [1.54, 1.807) is 18.6 Å². The van der Waals surface area contributed by atoms with Gasteiger partial charge in [0.25, 0.3) is 0 Å². The third-order valence-corrected chi connectivity index (χ3v) is 2.79. The first-order valence-electron chi connectivity index (χ1n) is 6.10. The van der Waals surface area contributed by atoms with Crippen LogP contribution >= 0.6 is 0 Å². The van der Waals surface area contributed by atoms with Crippen molar-refractivity contribution in [2.45, 2.75) is 0 Å². The van der Waals surface area contributed by atoms with Crippen molar-refractivity contribution < 1.29 is 0 Å². The molecule has 19 heavy (non-hydrogen) atoms. The number of allylic oxidation sites excluding steroid dienone is 2. The predicted octanol–water partition coefficient (Wildman–Crippen LogP) is 3.68. The average molecular weight is 247 g/mol. The van der Waals surface area contributed by atoms with Crippen LogP contribution in [0.4, 0.5) is 0 Å². The minimum atomic E-state index is 0.851. The molecule has 0 unspecified atom stereocenters. The average Bonchev–Trinajstić information content (AvgIpc) is 2.87. The van der Waals surface area contributed by atoms with Gasteiger partial charge in [0.05, 0.1) is 11.9 Å². The minimum absolute atomic E-state index is 0.851. The Bertz CT molecular complexity index is 691. The van der Waals surface area contributed by atoms with E-state index in [1.165, 1.54) is 5.39 Å². The lowest BCUT2D eigenvalue weighted by atomic mass is 10.2. The smallest absolute Gasteiger partial charge is 0.0812 e. The number of benzene rings is 1. The van der Waals surface area contributed by atoms with E-state index in [9.17, 15) is 0 Å². The van der Waals surface area contributed by atoms with E-state index in [0.29, 0.717) is 0 Å². The van der Waals surface area contributed by atoms with E-state index in [2.05, 4.69) is 33.2 Å². The molecular weight excluding hydrogens is 234 g/mol. The summed E-state index contributed by atoms with van der Waals surface area (Å²) in [5.74, 6) is 0. The van der Waals surface area contributed by atoms with Gasteiger partial charge in [0.2, 0.25) is 0 Å². The fraction of sp³-hybridized carbons (Fsp3) is 0. The number of aromatic nitrogens is 3. The molecule has 0 radical (unpaired) electrons. The van der Waals surface area contributed by atoms with Gasteiger partial charge in [-0.15, -0.1) is 0 Å². The highest BCUT2D eigenvalue weighted by atomic mass is 14.8. The molecule has 3 nitrogen and oxygen atoms in total. The molecule has 0 aliphatic carbocycles. The van der Waals surface area contributed by atoms with Gasteiger partial charge >= 0.3 is 0 Å². The summed E-state index contributed by atoms with van der Waals surface area (Å²) >= 11 is 0.